The maximum absolute atomic E-state index is 11.4. The molecule has 1 heterocycles. The Bertz CT molecular complexity index is 449. The molecule has 0 bridgehead atoms. The van der Waals surface area contributed by atoms with Crippen LogP contribution in [0.3, 0.4) is 0 Å². The second kappa shape index (κ2) is 6.38. The summed E-state index contributed by atoms with van der Waals surface area (Å²) in [6.07, 6.45) is 2.89. The van der Waals surface area contributed by atoms with E-state index in [-0.39, 0.29) is 17.3 Å². The Morgan fingerprint density at radius 2 is 2.22 bits per heavy atom. The van der Waals surface area contributed by atoms with Crippen LogP contribution in [0.2, 0.25) is 0 Å². The van der Waals surface area contributed by atoms with Crippen molar-refractivity contribution < 1.29 is 14.7 Å². The maximum Gasteiger partial charge on any atom is 0.341 e. The summed E-state index contributed by atoms with van der Waals surface area (Å²) in [6.45, 7) is 2.55. The number of urea groups is 1. The zero-order valence-electron chi connectivity index (χ0n) is 9.93. The van der Waals surface area contributed by atoms with Crippen molar-refractivity contribution in [3.05, 3.63) is 11.8 Å². The van der Waals surface area contributed by atoms with Crippen LogP contribution in [0.15, 0.2) is 6.20 Å². The smallest absolute Gasteiger partial charge is 0.341 e. The highest BCUT2D eigenvalue weighted by molar-refractivity contribution is 5.93. The van der Waals surface area contributed by atoms with Crippen LogP contribution in [0.5, 0.6) is 0 Å². The van der Waals surface area contributed by atoms with E-state index in [1.165, 1.54) is 0 Å². The highest BCUT2D eigenvalue weighted by Crippen LogP contribution is 2.09. The summed E-state index contributed by atoms with van der Waals surface area (Å²) in [5, 5.41) is 13.7. The number of nitrogens with one attached hydrogen (secondary N) is 2. The molecule has 8 nitrogen and oxygen atoms in total. The number of anilines is 2. The van der Waals surface area contributed by atoms with Crippen molar-refractivity contribution in [2.75, 3.05) is 17.6 Å². The van der Waals surface area contributed by atoms with Gasteiger partial charge in [-0.2, -0.15) is 4.98 Å². The van der Waals surface area contributed by atoms with Crippen LogP contribution < -0.4 is 16.4 Å². The van der Waals surface area contributed by atoms with Crippen LogP contribution >= 0.6 is 0 Å². The molecule has 1 aromatic heterocycles. The van der Waals surface area contributed by atoms with Crippen LogP contribution in [0.1, 0.15) is 30.1 Å². The Hall–Kier alpha value is -2.38. The minimum atomic E-state index is -1.22. The molecule has 0 radical (unpaired) electrons. The molecule has 0 aliphatic heterocycles. The summed E-state index contributed by atoms with van der Waals surface area (Å²) in [6, 6.07) is -0.453. The van der Waals surface area contributed by atoms with Gasteiger partial charge in [-0.25, -0.2) is 14.6 Å². The quantitative estimate of drug-likeness (QED) is 0.571. The Kier molecular flexibility index (Phi) is 4.85. The minimum absolute atomic E-state index is 0.0356. The van der Waals surface area contributed by atoms with Crippen LogP contribution in [0.4, 0.5) is 16.6 Å². The number of unbranched alkanes of at least 4 members (excludes halogenated alkanes) is 1. The fraction of sp³-hybridized carbons (Fsp3) is 0.400. The van der Waals surface area contributed by atoms with E-state index < -0.39 is 12.0 Å². The number of carbonyl (C=O) groups excluding carboxylic acids is 1. The molecule has 5 N–H and O–H groups in total. The second-order valence-corrected chi connectivity index (χ2v) is 3.53. The van der Waals surface area contributed by atoms with Crippen molar-refractivity contribution in [2.24, 2.45) is 0 Å². The lowest BCUT2D eigenvalue weighted by atomic mass is 10.3. The van der Waals surface area contributed by atoms with Gasteiger partial charge in [0.15, 0.2) is 0 Å². The molecule has 98 valence electrons. The number of carboxylic acids is 1. The van der Waals surface area contributed by atoms with E-state index in [1.807, 2.05) is 6.92 Å². The molecule has 0 aliphatic rings. The van der Waals surface area contributed by atoms with Crippen molar-refractivity contribution >= 4 is 23.8 Å². The lowest BCUT2D eigenvalue weighted by Gasteiger charge is -2.06. The number of nitrogen functional groups attached to an aromatic ring is 1. The van der Waals surface area contributed by atoms with E-state index in [9.17, 15) is 9.59 Å². The van der Waals surface area contributed by atoms with E-state index >= 15 is 0 Å². The van der Waals surface area contributed by atoms with Gasteiger partial charge < -0.3 is 16.2 Å². The summed E-state index contributed by atoms with van der Waals surface area (Å²) in [5.74, 6) is -1.45. The zero-order chi connectivity index (χ0) is 13.5. The molecule has 0 spiro atoms. The van der Waals surface area contributed by atoms with Gasteiger partial charge in [-0.15, -0.1) is 0 Å². The molecule has 8 heteroatoms. The monoisotopic (exact) mass is 253 g/mol. The van der Waals surface area contributed by atoms with Gasteiger partial charge >= 0.3 is 12.0 Å². The van der Waals surface area contributed by atoms with E-state index in [0.29, 0.717) is 6.54 Å². The van der Waals surface area contributed by atoms with Crippen LogP contribution in [0, 0.1) is 0 Å². The molecule has 0 saturated carbocycles. The first-order valence-corrected chi connectivity index (χ1v) is 5.45. The Labute approximate surface area is 104 Å². The average Bonchev–Trinajstić information content (AvgIpc) is 2.28. The molecule has 1 rings (SSSR count). The number of carbonyl (C=O) groups is 2. The maximum atomic E-state index is 11.4. The van der Waals surface area contributed by atoms with Crippen LogP contribution in [0.25, 0.3) is 0 Å². The number of amides is 2. The topological polar surface area (TPSA) is 130 Å². The second-order valence-electron chi connectivity index (χ2n) is 3.53. The summed E-state index contributed by atoms with van der Waals surface area (Å²) in [4.78, 5) is 29.4. The Morgan fingerprint density at radius 3 is 2.78 bits per heavy atom. The third-order valence-electron chi connectivity index (χ3n) is 2.09. The highest BCUT2D eigenvalue weighted by atomic mass is 16.4. The number of aromatic carboxylic acids is 1. The lowest BCUT2D eigenvalue weighted by molar-refractivity contribution is 0.0697. The van der Waals surface area contributed by atoms with Crippen molar-refractivity contribution in [3.63, 3.8) is 0 Å². The predicted octanol–water partition coefficient (Wildman–Crippen LogP) is 0.679. The molecule has 0 saturated heterocycles. The van der Waals surface area contributed by atoms with Crippen molar-refractivity contribution in [3.8, 4) is 0 Å². The van der Waals surface area contributed by atoms with Gasteiger partial charge in [0.25, 0.3) is 0 Å². The first-order valence-electron chi connectivity index (χ1n) is 5.45. The number of nitrogens with two attached hydrogens (primary N) is 1. The van der Waals surface area contributed by atoms with Gasteiger partial charge in [0.1, 0.15) is 11.4 Å². The molecule has 0 fully saturated rings. The first-order chi connectivity index (χ1) is 8.54. The molecular weight excluding hydrogens is 238 g/mol. The van der Waals surface area contributed by atoms with Crippen molar-refractivity contribution in [1.29, 1.82) is 0 Å². The van der Waals surface area contributed by atoms with Crippen LogP contribution in [-0.4, -0.2) is 33.6 Å². The fourth-order valence-electron chi connectivity index (χ4n) is 1.14. The molecular formula is C10H15N5O3. The first kappa shape index (κ1) is 13.7. The molecule has 1 aromatic rings. The van der Waals surface area contributed by atoms with Crippen molar-refractivity contribution in [1.82, 2.24) is 15.3 Å². The fourth-order valence-corrected chi connectivity index (χ4v) is 1.14. The van der Waals surface area contributed by atoms with Gasteiger partial charge in [0.2, 0.25) is 5.95 Å². The largest absolute Gasteiger partial charge is 0.477 e. The average molecular weight is 253 g/mol. The zero-order valence-corrected chi connectivity index (χ0v) is 9.93. The predicted molar refractivity (Wildman–Crippen MR) is 65.3 cm³/mol. The van der Waals surface area contributed by atoms with E-state index in [2.05, 4.69) is 20.6 Å². The number of carboxylic acid groups (broad SMARTS) is 1. The third-order valence-corrected chi connectivity index (χ3v) is 2.09. The molecule has 2 amide bonds. The Morgan fingerprint density at radius 1 is 1.50 bits per heavy atom. The highest BCUT2D eigenvalue weighted by Gasteiger charge is 2.11. The number of aromatic nitrogens is 2. The van der Waals surface area contributed by atoms with Gasteiger partial charge in [-0.05, 0) is 6.42 Å². The van der Waals surface area contributed by atoms with Crippen LogP contribution in [-0.2, 0) is 0 Å². The third kappa shape index (κ3) is 3.89. The summed E-state index contributed by atoms with van der Waals surface area (Å²) >= 11 is 0. The number of hydrogen-bond acceptors (Lipinski definition) is 5. The van der Waals surface area contributed by atoms with Gasteiger partial charge in [-0.1, -0.05) is 13.3 Å². The van der Waals surface area contributed by atoms with Gasteiger partial charge in [-0.3, -0.25) is 5.32 Å². The van der Waals surface area contributed by atoms with E-state index in [1.54, 1.807) is 0 Å². The number of hydrogen-bond donors (Lipinski definition) is 4. The standard InChI is InChI=1S/C10H15N5O3/c1-2-3-4-12-10(18)15-9-13-5-6(8(16)17)7(11)14-9/h5H,2-4H2,1H3,(H,16,17)(H4,11,12,13,14,15,18). The van der Waals surface area contributed by atoms with E-state index in [0.717, 1.165) is 19.0 Å². The van der Waals surface area contributed by atoms with Gasteiger partial charge in [0.05, 0.1) is 0 Å². The molecule has 18 heavy (non-hydrogen) atoms. The minimum Gasteiger partial charge on any atom is -0.477 e. The normalized spacial score (nSPS) is 9.83. The summed E-state index contributed by atoms with van der Waals surface area (Å²) in [5.41, 5.74) is 5.21. The molecule has 0 aromatic carbocycles. The SMILES string of the molecule is CCCCNC(=O)Nc1ncc(C(=O)O)c(N)n1. The summed E-state index contributed by atoms with van der Waals surface area (Å²) < 4.78 is 0. The van der Waals surface area contributed by atoms with Gasteiger partial charge in [0, 0.05) is 12.7 Å². The molecule has 0 unspecified atom stereocenters. The number of nitrogens with zero attached hydrogens (tertiary/aromatic N) is 2. The Balaban J connectivity index is 2.60. The van der Waals surface area contributed by atoms with Crippen molar-refractivity contribution in [2.45, 2.75) is 19.8 Å². The number of rotatable bonds is 5. The molecule has 0 atom stereocenters. The summed E-state index contributed by atoms with van der Waals surface area (Å²) in [7, 11) is 0. The lowest BCUT2D eigenvalue weighted by Crippen LogP contribution is -2.30. The molecule has 0 aliphatic carbocycles. The van der Waals surface area contributed by atoms with E-state index in [4.69, 9.17) is 10.8 Å².